The summed E-state index contributed by atoms with van der Waals surface area (Å²) in [5.74, 6) is -1.19. The van der Waals surface area contributed by atoms with Gasteiger partial charge in [-0.05, 0) is 96.3 Å². The molecule has 0 aromatic carbocycles. The van der Waals surface area contributed by atoms with E-state index in [0.29, 0.717) is 19.3 Å². The Morgan fingerprint density at radius 3 is 1.17 bits per heavy atom. The topological polar surface area (TPSA) is 175 Å². The summed E-state index contributed by atoms with van der Waals surface area (Å²) in [5.41, 5.74) is 0. The van der Waals surface area contributed by atoms with E-state index in [4.69, 9.17) is 14.2 Å². The number of carbonyl (C=O) groups is 2. The van der Waals surface area contributed by atoms with Crippen LogP contribution in [0.25, 0.3) is 0 Å². The second kappa shape index (κ2) is 68.8. The smallest absolute Gasteiger partial charge is 0.306 e. The van der Waals surface area contributed by atoms with E-state index in [2.05, 4.69) is 99.0 Å². The molecule has 0 bridgehead atoms. The van der Waals surface area contributed by atoms with Gasteiger partial charge >= 0.3 is 5.97 Å². The van der Waals surface area contributed by atoms with E-state index in [1.165, 1.54) is 218 Å². The van der Waals surface area contributed by atoms with Crippen LogP contribution in [0.4, 0.5) is 0 Å². The van der Waals surface area contributed by atoms with Gasteiger partial charge in [-0.3, -0.25) is 9.59 Å². The maximum Gasteiger partial charge on any atom is 0.306 e. The first-order valence-corrected chi connectivity index (χ1v) is 39.4. The number of nitrogens with one attached hydrogen (secondary N) is 1. The van der Waals surface area contributed by atoms with Crippen LogP contribution in [0, 0.1) is 0 Å². The molecule has 11 heteroatoms. The Morgan fingerprint density at radius 2 is 0.774 bits per heavy atom. The average Bonchev–Trinajstić information content (AvgIpc) is 0.844. The minimum atomic E-state index is -1.62. The Hall–Kier alpha value is -3.16. The number of allylic oxidation sites excluding steroid dienone is 13. The van der Waals surface area contributed by atoms with Crippen molar-refractivity contribution in [3.8, 4) is 0 Å². The summed E-state index contributed by atoms with van der Waals surface area (Å²) >= 11 is 0. The zero-order valence-electron chi connectivity index (χ0n) is 60.4. The van der Waals surface area contributed by atoms with E-state index >= 15 is 0 Å². The average molecular weight is 1310 g/mol. The van der Waals surface area contributed by atoms with Crippen LogP contribution in [0.2, 0.25) is 0 Å². The second-order valence-electron chi connectivity index (χ2n) is 27.1. The molecule has 1 heterocycles. The van der Waals surface area contributed by atoms with Gasteiger partial charge < -0.3 is 45.1 Å². The molecular weight excluding hydrogens is 1160 g/mol. The minimum absolute atomic E-state index is 0.118. The van der Waals surface area contributed by atoms with Crippen LogP contribution in [0.3, 0.4) is 0 Å². The van der Waals surface area contributed by atoms with Crippen molar-refractivity contribution in [2.45, 2.75) is 410 Å². The highest BCUT2D eigenvalue weighted by Crippen LogP contribution is 2.27. The van der Waals surface area contributed by atoms with Crippen LogP contribution in [0.15, 0.2) is 85.1 Å². The number of esters is 1. The Bertz CT molecular complexity index is 1840. The lowest BCUT2D eigenvalue weighted by Crippen LogP contribution is -2.61. The summed E-state index contributed by atoms with van der Waals surface area (Å²) < 4.78 is 17.8. The number of aliphatic hydroxyl groups is 5. The summed E-state index contributed by atoms with van der Waals surface area (Å²) in [5, 5.41) is 57.5. The monoisotopic (exact) mass is 1310 g/mol. The minimum Gasteiger partial charge on any atom is -0.454 e. The van der Waals surface area contributed by atoms with Crippen LogP contribution in [-0.4, -0.2) is 99.6 Å². The molecule has 1 saturated heterocycles. The van der Waals surface area contributed by atoms with E-state index in [0.717, 1.165) is 96.3 Å². The highest BCUT2D eigenvalue weighted by Gasteiger charge is 2.47. The molecule has 0 radical (unpaired) electrons. The number of aliphatic hydroxyl groups excluding tert-OH is 5. The number of rotatable bonds is 68. The number of amides is 1. The maximum absolute atomic E-state index is 13.5. The molecule has 540 valence electrons. The van der Waals surface area contributed by atoms with Gasteiger partial charge in [0, 0.05) is 6.42 Å². The van der Waals surface area contributed by atoms with Crippen molar-refractivity contribution in [3.05, 3.63) is 85.1 Å². The van der Waals surface area contributed by atoms with E-state index in [1.54, 1.807) is 6.08 Å². The zero-order valence-corrected chi connectivity index (χ0v) is 60.4. The van der Waals surface area contributed by atoms with Gasteiger partial charge in [-0.2, -0.15) is 0 Å². The van der Waals surface area contributed by atoms with Gasteiger partial charge in [-0.1, -0.05) is 343 Å². The first kappa shape index (κ1) is 87.9. The lowest BCUT2D eigenvalue weighted by molar-refractivity contribution is -0.305. The standard InChI is InChI=1S/C82H147NO10/c1-4-7-10-13-16-19-22-25-27-29-31-33-35-37-38-39-41-43-45-47-49-52-55-58-61-64-67-70-77(87)93-80-79(89)78(88)76(71-84)92-82(80)91-72-73(74(85)68-65-62-59-56-53-50-24-21-18-15-12-9-6-3)83-81(90)75(86)69-66-63-60-57-54-51-48-46-44-42-40-36-34-32-30-28-26-23-20-17-14-11-8-5-2/h7,10,16,19,25-28,31,33,37-38,65,68,73-76,78-80,82,84-86,88-89H,4-6,8-9,11-15,17-18,20-24,29-30,32,34-36,39-64,66-67,69-72H2,1-3H3,(H,83,90)/b10-7-,19-16-,27-25-,28-26+,33-31-,38-37-,68-65+. The van der Waals surface area contributed by atoms with Crippen LogP contribution in [0.1, 0.15) is 361 Å². The SMILES string of the molecule is CC/C=C\C/C=C\C/C=C\C/C=C\C/C=C\CCCCCCCCCCCCCC(=O)OC1C(OCC(NC(=O)C(O)CCCCCCCCCCCCCCCC/C=C/CCCCCCCC)C(O)/C=C/CCCCCCCCCCCCC)OC(CO)C(O)C1O. The molecule has 1 rings (SSSR count). The molecule has 0 aromatic heterocycles. The number of unbranched alkanes of at least 4 members (excludes halogenated alkanes) is 42. The predicted octanol–water partition coefficient (Wildman–Crippen LogP) is 21.2. The molecule has 6 N–H and O–H groups in total. The molecule has 8 atom stereocenters. The number of ether oxygens (including phenoxy) is 3. The largest absolute Gasteiger partial charge is 0.454 e. The Labute approximate surface area is 572 Å². The molecule has 8 unspecified atom stereocenters. The highest BCUT2D eigenvalue weighted by atomic mass is 16.7. The Kier molecular flexibility index (Phi) is 65.0. The predicted molar refractivity (Wildman–Crippen MR) is 393 cm³/mol. The molecule has 93 heavy (non-hydrogen) atoms. The van der Waals surface area contributed by atoms with Crippen molar-refractivity contribution in [1.29, 1.82) is 0 Å². The fraction of sp³-hybridized carbons (Fsp3) is 0.805. The Morgan fingerprint density at radius 1 is 0.430 bits per heavy atom. The third-order valence-electron chi connectivity index (χ3n) is 18.3. The quantitative estimate of drug-likeness (QED) is 0.0195. The molecule has 1 aliphatic heterocycles. The Balaban J connectivity index is 2.52. The second-order valence-corrected chi connectivity index (χ2v) is 27.1. The maximum atomic E-state index is 13.5. The third-order valence-corrected chi connectivity index (χ3v) is 18.3. The lowest BCUT2D eigenvalue weighted by Gasteiger charge is -2.41. The molecule has 0 saturated carbocycles. The van der Waals surface area contributed by atoms with Gasteiger partial charge in [-0.25, -0.2) is 0 Å². The van der Waals surface area contributed by atoms with E-state index in [-0.39, 0.29) is 13.0 Å². The van der Waals surface area contributed by atoms with Crippen molar-refractivity contribution in [2.24, 2.45) is 0 Å². The van der Waals surface area contributed by atoms with Crippen LogP contribution >= 0.6 is 0 Å². The first-order chi connectivity index (χ1) is 45.7. The van der Waals surface area contributed by atoms with Gasteiger partial charge in [-0.15, -0.1) is 0 Å². The number of hydrogen-bond donors (Lipinski definition) is 6. The summed E-state index contributed by atoms with van der Waals surface area (Å²) in [7, 11) is 0. The van der Waals surface area contributed by atoms with Gasteiger partial charge in [0.1, 0.15) is 24.4 Å². The fourth-order valence-electron chi connectivity index (χ4n) is 12.1. The van der Waals surface area contributed by atoms with Crippen molar-refractivity contribution in [1.82, 2.24) is 5.32 Å². The summed E-state index contributed by atoms with van der Waals surface area (Å²) in [6, 6.07) is -1.03. The highest BCUT2D eigenvalue weighted by molar-refractivity contribution is 5.80. The van der Waals surface area contributed by atoms with Gasteiger partial charge in [0.05, 0.1) is 25.4 Å². The van der Waals surface area contributed by atoms with Crippen molar-refractivity contribution in [2.75, 3.05) is 13.2 Å². The molecule has 11 nitrogen and oxygen atoms in total. The molecule has 0 aromatic rings. The number of carbonyl (C=O) groups excluding carboxylic acids is 2. The van der Waals surface area contributed by atoms with Gasteiger partial charge in [0.25, 0.3) is 0 Å². The van der Waals surface area contributed by atoms with Crippen molar-refractivity contribution in [3.63, 3.8) is 0 Å². The lowest BCUT2D eigenvalue weighted by atomic mass is 9.99. The molecule has 1 aliphatic rings. The summed E-state index contributed by atoms with van der Waals surface area (Å²) in [6.45, 7) is 5.73. The van der Waals surface area contributed by atoms with Crippen molar-refractivity contribution < 1.29 is 49.3 Å². The van der Waals surface area contributed by atoms with Crippen LogP contribution in [-0.2, 0) is 23.8 Å². The van der Waals surface area contributed by atoms with Crippen LogP contribution < -0.4 is 5.32 Å². The molecule has 0 spiro atoms. The first-order valence-electron chi connectivity index (χ1n) is 39.4. The molecule has 0 aliphatic carbocycles. The zero-order chi connectivity index (χ0) is 67.4. The molecule has 1 fully saturated rings. The summed E-state index contributed by atoms with van der Waals surface area (Å²) in [4.78, 5) is 26.8. The summed E-state index contributed by atoms with van der Waals surface area (Å²) in [6.07, 6.45) is 82.0. The molecule has 1 amide bonds. The van der Waals surface area contributed by atoms with Crippen LogP contribution in [0.5, 0.6) is 0 Å². The van der Waals surface area contributed by atoms with E-state index in [9.17, 15) is 35.1 Å². The number of hydrogen-bond acceptors (Lipinski definition) is 10. The normalized spacial score (nSPS) is 18.3. The van der Waals surface area contributed by atoms with E-state index in [1.807, 2.05) is 6.08 Å². The fourth-order valence-corrected chi connectivity index (χ4v) is 12.1. The third kappa shape index (κ3) is 55.5. The van der Waals surface area contributed by atoms with E-state index < -0.39 is 67.4 Å². The van der Waals surface area contributed by atoms with Gasteiger partial charge in [0.2, 0.25) is 5.91 Å². The van der Waals surface area contributed by atoms with Gasteiger partial charge in [0.15, 0.2) is 12.4 Å². The molecular formula is C82H147NO10. The van der Waals surface area contributed by atoms with Crippen molar-refractivity contribution >= 4 is 11.9 Å².